The monoisotopic (exact) mass is 126 g/mol. The zero-order valence-electron chi connectivity index (χ0n) is 4.20. The fourth-order valence-electron chi connectivity index (χ4n) is 0.174. The summed E-state index contributed by atoms with van der Waals surface area (Å²) in [6.45, 7) is 0.786. The van der Waals surface area contributed by atoms with Crippen LogP contribution < -0.4 is 0 Å². The molecule has 0 aliphatic heterocycles. The van der Waals surface area contributed by atoms with Crippen LogP contribution in [0.15, 0.2) is 0 Å². The fraction of sp³-hybridized carbons (Fsp3) is 0.750. The van der Waals surface area contributed by atoms with Crippen LogP contribution in [-0.2, 0) is 4.79 Å². The Labute approximate surface area is 44.5 Å². The number of hydrogen-bond acceptors (Lipinski definition) is 1. The predicted molar refractivity (Wildman–Crippen MR) is 21.6 cm³/mol. The van der Waals surface area contributed by atoms with Gasteiger partial charge in [-0.15, -0.1) is 0 Å². The molecule has 0 fully saturated rings. The first-order valence-electron chi connectivity index (χ1n) is 2.01. The van der Waals surface area contributed by atoms with Crippen molar-refractivity contribution in [2.75, 3.05) is 0 Å². The fourth-order valence-corrected chi connectivity index (χ4v) is 0.174. The van der Waals surface area contributed by atoms with Gasteiger partial charge in [0.05, 0.1) is 0 Å². The second kappa shape index (κ2) is 2.69. The minimum Gasteiger partial charge on any atom is -0.290 e. The van der Waals surface area contributed by atoms with E-state index >= 15 is 0 Å². The van der Waals surface area contributed by atoms with Crippen molar-refractivity contribution in [2.24, 2.45) is 0 Å². The first-order valence-corrected chi connectivity index (χ1v) is 2.01. The van der Waals surface area contributed by atoms with Crippen molar-refractivity contribution in [1.29, 1.82) is 0 Å². The molecule has 0 N–H and O–H groups in total. The van der Waals surface area contributed by atoms with Crippen LogP contribution >= 0.6 is 0 Å². The summed E-state index contributed by atoms with van der Waals surface area (Å²) in [4.78, 5) is 9.72. The predicted octanol–water partition coefficient (Wildman–Crippen LogP) is 1.18. The van der Waals surface area contributed by atoms with Gasteiger partial charge in [0.15, 0.2) is 6.17 Å². The first kappa shape index (κ1) is 7.46. The van der Waals surface area contributed by atoms with Gasteiger partial charge in [0.2, 0.25) is 5.78 Å². The average Bonchev–Trinajstić information content (AvgIpc) is 1.64. The molecule has 4 heteroatoms. The van der Waals surface area contributed by atoms with Gasteiger partial charge in [-0.05, 0) is 6.92 Å². The second-order valence-electron chi connectivity index (χ2n) is 1.32. The number of carbonyl (C=O) groups excluding carboxylic acids is 1. The van der Waals surface area contributed by atoms with Crippen LogP contribution in [0.4, 0.5) is 13.2 Å². The van der Waals surface area contributed by atoms with E-state index in [0.29, 0.717) is 0 Å². The molecule has 8 heavy (non-hydrogen) atoms. The molecule has 0 saturated carbocycles. The first-order chi connectivity index (χ1) is 3.55. The molecule has 0 aromatic rings. The van der Waals surface area contributed by atoms with Crippen molar-refractivity contribution < 1.29 is 18.0 Å². The number of ketones is 1. The third kappa shape index (κ3) is 1.95. The van der Waals surface area contributed by atoms with Crippen LogP contribution in [0.3, 0.4) is 0 Å². The summed E-state index contributed by atoms with van der Waals surface area (Å²) in [6.07, 6.45) is -5.22. The average molecular weight is 126 g/mol. The number of alkyl halides is 3. The second-order valence-corrected chi connectivity index (χ2v) is 1.32. The molecular weight excluding hydrogens is 121 g/mol. The molecule has 0 saturated heterocycles. The lowest BCUT2D eigenvalue weighted by Gasteiger charge is -1.95. The van der Waals surface area contributed by atoms with Gasteiger partial charge < -0.3 is 0 Å². The Morgan fingerprint density at radius 3 is 1.75 bits per heavy atom. The van der Waals surface area contributed by atoms with E-state index in [0.717, 1.165) is 6.92 Å². The summed E-state index contributed by atoms with van der Waals surface area (Å²) in [7, 11) is 0. The van der Waals surface area contributed by atoms with Crippen molar-refractivity contribution in [2.45, 2.75) is 19.5 Å². The maximum Gasteiger partial charge on any atom is 0.298 e. The Balaban J connectivity index is 3.65. The van der Waals surface area contributed by atoms with Crippen LogP contribution in [0, 0.1) is 0 Å². The van der Waals surface area contributed by atoms with Gasteiger partial charge in [-0.1, -0.05) is 0 Å². The highest BCUT2D eigenvalue weighted by Gasteiger charge is 2.21. The highest BCUT2D eigenvalue weighted by Crippen LogP contribution is 2.00. The smallest absolute Gasteiger partial charge is 0.290 e. The van der Waals surface area contributed by atoms with Crippen molar-refractivity contribution in [3.63, 3.8) is 0 Å². The van der Waals surface area contributed by atoms with Crippen LogP contribution in [0.25, 0.3) is 0 Å². The minimum atomic E-state index is -3.17. The molecule has 0 aliphatic carbocycles. The molecule has 0 aliphatic rings. The summed E-state index contributed by atoms with van der Waals surface area (Å²) in [6, 6.07) is 0. The highest BCUT2D eigenvalue weighted by molar-refractivity contribution is 5.85. The van der Waals surface area contributed by atoms with Crippen molar-refractivity contribution in [3.8, 4) is 0 Å². The maximum absolute atomic E-state index is 11.5. The van der Waals surface area contributed by atoms with Crippen LogP contribution in [0.1, 0.15) is 6.92 Å². The summed E-state index contributed by atoms with van der Waals surface area (Å²) >= 11 is 0. The molecule has 1 atom stereocenters. The molecule has 1 nitrogen and oxygen atoms in total. The van der Waals surface area contributed by atoms with Gasteiger partial charge in [0.1, 0.15) is 0 Å². The Hall–Kier alpha value is -0.540. The van der Waals surface area contributed by atoms with E-state index in [1.807, 2.05) is 0 Å². The molecule has 0 bridgehead atoms. The molecule has 0 spiro atoms. The Kier molecular flexibility index (Phi) is 2.51. The van der Waals surface area contributed by atoms with E-state index < -0.39 is 18.4 Å². The third-order valence-corrected chi connectivity index (χ3v) is 0.607. The number of carbonyl (C=O) groups is 1. The summed E-state index contributed by atoms with van der Waals surface area (Å²) in [5.41, 5.74) is 0. The lowest BCUT2D eigenvalue weighted by atomic mass is 10.3. The normalized spacial score (nSPS) is 14.1. The zero-order valence-corrected chi connectivity index (χ0v) is 4.20. The molecule has 1 unspecified atom stereocenters. The van der Waals surface area contributed by atoms with Crippen molar-refractivity contribution >= 4 is 5.78 Å². The van der Waals surface area contributed by atoms with Gasteiger partial charge in [-0.25, -0.2) is 13.2 Å². The van der Waals surface area contributed by atoms with Gasteiger partial charge in [-0.3, -0.25) is 4.79 Å². The number of hydrogen-bond donors (Lipinski definition) is 0. The largest absolute Gasteiger partial charge is 0.298 e. The molecule has 0 amide bonds. The van der Waals surface area contributed by atoms with E-state index in [1.54, 1.807) is 0 Å². The van der Waals surface area contributed by atoms with Gasteiger partial charge in [-0.2, -0.15) is 0 Å². The van der Waals surface area contributed by atoms with Crippen LogP contribution in [-0.4, -0.2) is 18.4 Å². The number of Topliss-reactive ketones (excluding diaryl/α,β-unsaturated/α-hetero) is 1. The number of halogens is 3. The Morgan fingerprint density at radius 1 is 1.38 bits per heavy atom. The highest BCUT2D eigenvalue weighted by atomic mass is 19.3. The van der Waals surface area contributed by atoms with Gasteiger partial charge in [0, 0.05) is 0 Å². The van der Waals surface area contributed by atoms with Crippen LogP contribution in [0.5, 0.6) is 0 Å². The molecule has 0 aromatic heterocycles. The summed E-state index contributed by atoms with van der Waals surface area (Å²) in [5.74, 6) is -1.65. The SMILES string of the molecule is CC(F)C(=O)C(F)F. The molecule has 0 aromatic carbocycles. The maximum atomic E-state index is 11.5. The zero-order chi connectivity index (χ0) is 6.73. The molecule has 0 radical (unpaired) electrons. The standard InChI is InChI=1S/C4H5F3O/c1-2(5)3(8)4(6)7/h2,4H,1H3. The lowest BCUT2D eigenvalue weighted by molar-refractivity contribution is -0.133. The van der Waals surface area contributed by atoms with Gasteiger partial charge in [0.25, 0.3) is 6.43 Å². The minimum absolute atomic E-state index is 0.786. The van der Waals surface area contributed by atoms with E-state index in [2.05, 4.69) is 0 Å². The topological polar surface area (TPSA) is 17.1 Å². The Morgan fingerprint density at radius 2 is 1.75 bits per heavy atom. The molecular formula is C4H5F3O. The molecule has 0 heterocycles. The van der Waals surface area contributed by atoms with E-state index in [9.17, 15) is 18.0 Å². The van der Waals surface area contributed by atoms with E-state index in [1.165, 1.54) is 0 Å². The summed E-state index contributed by atoms with van der Waals surface area (Å²) in [5, 5.41) is 0. The van der Waals surface area contributed by atoms with Crippen LogP contribution in [0.2, 0.25) is 0 Å². The quantitative estimate of drug-likeness (QED) is 0.543. The van der Waals surface area contributed by atoms with E-state index in [4.69, 9.17) is 0 Å². The van der Waals surface area contributed by atoms with E-state index in [-0.39, 0.29) is 0 Å². The third-order valence-electron chi connectivity index (χ3n) is 0.607. The summed E-state index contributed by atoms with van der Waals surface area (Å²) < 4.78 is 33.7. The molecule has 0 rings (SSSR count). The van der Waals surface area contributed by atoms with Crippen molar-refractivity contribution in [1.82, 2.24) is 0 Å². The molecule has 48 valence electrons. The van der Waals surface area contributed by atoms with Crippen molar-refractivity contribution in [3.05, 3.63) is 0 Å². The number of rotatable bonds is 2. The Bertz CT molecular complexity index is 79.3. The van der Waals surface area contributed by atoms with Gasteiger partial charge >= 0.3 is 0 Å². The lowest BCUT2D eigenvalue weighted by Crippen LogP contribution is -2.19.